The first kappa shape index (κ1) is 18.7. The maximum absolute atomic E-state index is 13.6. The number of nitrogens with one attached hydrogen (secondary N) is 2. The molecular formula is C26H20FN3O2. The molecule has 0 bridgehead atoms. The van der Waals surface area contributed by atoms with Crippen molar-refractivity contribution < 1.29 is 13.6 Å². The second-order valence-electron chi connectivity index (χ2n) is 8.15. The number of amides is 2. The zero-order valence-corrected chi connectivity index (χ0v) is 17.2. The van der Waals surface area contributed by atoms with E-state index in [-0.39, 0.29) is 11.8 Å². The van der Waals surface area contributed by atoms with E-state index < -0.39 is 0 Å². The van der Waals surface area contributed by atoms with Gasteiger partial charge in [0.05, 0.1) is 12.0 Å². The molecule has 3 heterocycles. The molecule has 5 nitrogen and oxygen atoms in total. The Balaban J connectivity index is 1.21. The Kier molecular flexibility index (Phi) is 4.24. The van der Waals surface area contributed by atoms with Crippen LogP contribution in [0.25, 0.3) is 33.0 Å². The highest BCUT2D eigenvalue weighted by molar-refractivity contribution is 6.01. The van der Waals surface area contributed by atoms with E-state index in [1.165, 1.54) is 17.7 Å². The molecule has 1 aliphatic heterocycles. The number of furan rings is 1. The highest BCUT2D eigenvalue weighted by Crippen LogP contribution is 2.30. The maximum Gasteiger partial charge on any atom is 0.322 e. The smallest absolute Gasteiger partial charge is 0.322 e. The van der Waals surface area contributed by atoms with Crippen LogP contribution in [0.4, 0.5) is 14.9 Å². The Morgan fingerprint density at radius 3 is 2.81 bits per heavy atom. The summed E-state index contributed by atoms with van der Waals surface area (Å²) in [4.78, 5) is 17.7. The van der Waals surface area contributed by atoms with E-state index in [0.717, 1.165) is 39.6 Å². The molecule has 2 amide bonds. The summed E-state index contributed by atoms with van der Waals surface area (Å²) in [6.07, 6.45) is 4.18. The predicted molar refractivity (Wildman–Crippen MR) is 123 cm³/mol. The number of nitrogens with zero attached hydrogens (tertiary/aromatic N) is 1. The fourth-order valence-corrected chi connectivity index (χ4v) is 4.44. The van der Waals surface area contributed by atoms with Crippen LogP contribution in [0.15, 0.2) is 77.5 Å². The van der Waals surface area contributed by atoms with Crippen molar-refractivity contribution in [3.05, 3.63) is 90.1 Å². The lowest BCUT2D eigenvalue weighted by Gasteiger charge is -2.29. The van der Waals surface area contributed by atoms with Crippen molar-refractivity contribution in [2.24, 2.45) is 0 Å². The number of fused-ring (bicyclic) bond motifs is 3. The van der Waals surface area contributed by atoms with Crippen molar-refractivity contribution >= 4 is 33.6 Å². The number of carbonyl (C=O) groups excluding carboxylic acids is 1. The highest BCUT2D eigenvalue weighted by atomic mass is 19.1. The lowest BCUT2D eigenvalue weighted by molar-refractivity contribution is 0.206. The van der Waals surface area contributed by atoms with Gasteiger partial charge >= 0.3 is 6.03 Å². The number of halogens is 1. The molecule has 32 heavy (non-hydrogen) atoms. The summed E-state index contributed by atoms with van der Waals surface area (Å²) >= 11 is 0. The van der Waals surface area contributed by atoms with Crippen LogP contribution in [0.5, 0.6) is 0 Å². The monoisotopic (exact) mass is 425 g/mol. The SMILES string of the molecule is O=C(Nc1c[nH]c2ccc(F)cc12)N1CCc2cc(-c3ccc4occc4c3)ccc2C1. The number of aromatic nitrogens is 1. The topological polar surface area (TPSA) is 61.3 Å². The van der Waals surface area contributed by atoms with Crippen molar-refractivity contribution in [2.45, 2.75) is 13.0 Å². The fraction of sp³-hybridized carbons (Fsp3) is 0.115. The van der Waals surface area contributed by atoms with Crippen LogP contribution in [0.1, 0.15) is 11.1 Å². The number of carbonyl (C=O) groups is 1. The minimum atomic E-state index is -0.331. The Morgan fingerprint density at radius 2 is 1.88 bits per heavy atom. The van der Waals surface area contributed by atoms with Crippen LogP contribution in [-0.2, 0) is 13.0 Å². The summed E-state index contributed by atoms with van der Waals surface area (Å²) in [6.45, 7) is 1.17. The average molecular weight is 425 g/mol. The van der Waals surface area contributed by atoms with Gasteiger partial charge in [0, 0.05) is 35.6 Å². The quantitative estimate of drug-likeness (QED) is 0.348. The van der Waals surface area contributed by atoms with Crippen LogP contribution < -0.4 is 5.32 Å². The molecule has 0 radical (unpaired) electrons. The number of aromatic amines is 1. The Bertz CT molecular complexity index is 1480. The molecule has 158 valence electrons. The van der Waals surface area contributed by atoms with Gasteiger partial charge in [0.2, 0.25) is 0 Å². The first-order chi connectivity index (χ1) is 15.6. The first-order valence-electron chi connectivity index (χ1n) is 10.6. The lowest BCUT2D eigenvalue weighted by atomic mass is 9.94. The average Bonchev–Trinajstić information content (AvgIpc) is 3.44. The van der Waals surface area contributed by atoms with Gasteiger partial charge < -0.3 is 19.6 Å². The van der Waals surface area contributed by atoms with Gasteiger partial charge in [-0.1, -0.05) is 24.3 Å². The number of rotatable bonds is 2. The molecule has 0 saturated carbocycles. The van der Waals surface area contributed by atoms with Gasteiger partial charge in [-0.2, -0.15) is 0 Å². The van der Waals surface area contributed by atoms with Crippen molar-refractivity contribution in [1.29, 1.82) is 0 Å². The van der Waals surface area contributed by atoms with Crippen LogP contribution in [0, 0.1) is 5.82 Å². The summed E-state index contributed by atoms with van der Waals surface area (Å²) < 4.78 is 19.1. The molecule has 1 aliphatic rings. The van der Waals surface area contributed by atoms with Crippen molar-refractivity contribution in [3.63, 3.8) is 0 Å². The molecule has 0 aliphatic carbocycles. The van der Waals surface area contributed by atoms with E-state index in [1.807, 2.05) is 12.1 Å². The molecule has 6 rings (SSSR count). The molecule has 3 aromatic carbocycles. The van der Waals surface area contributed by atoms with Crippen molar-refractivity contribution in [3.8, 4) is 11.1 Å². The van der Waals surface area contributed by atoms with Crippen LogP contribution in [-0.4, -0.2) is 22.5 Å². The zero-order valence-electron chi connectivity index (χ0n) is 17.2. The number of anilines is 1. The lowest BCUT2D eigenvalue weighted by Crippen LogP contribution is -2.38. The molecule has 5 aromatic rings. The third kappa shape index (κ3) is 3.21. The van der Waals surface area contributed by atoms with Crippen molar-refractivity contribution in [2.75, 3.05) is 11.9 Å². The van der Waals surface area contributed by atoms with Crippen LogP contribution >= 0.6 is 0 Å². The molecule has 0 saturated heterocycles. The van der Waals surface area contributed by atoms with Gasteiger partial charge in [-0.3, -0.25) is 0 Å². The molecule has 0 spiro atoms. The molecule has 0 atom stereocenters. The fourth-order valence-electron chi connectivity index (χ4n) is 4.44. The maximum atomic E-state index is 13.6. The number of urea groups is 1. The number of H-pyrrole nitrogens is 1. The second kappa shape index (κ2) is 7.27. The normalized spacial score (nSPS) is 13.5. The van der Waals surface area contributed by atoms with E-state index in [9.17, 15) is 9.18 Å². The standard InChI is InChI=1S/C26H20FN3O2/c27-21-4-5-23-22(13-21)24(14-28-23)29-26(31)30-9-7-18-11-16(1-2-20(18)15-30)17-3-6-25-19(12-17)8-10-32-25/h1-6,8,10-14,28H,7,9,15H2,(H,29,31). The summed E-state index contributed by atoms with van der Waals surface area (Å²) in [5.74, 6) is -0.331. The highest BCUT2D eigenvalue weighted by Gasteiger charge is 2.22. The van der Waals surface area contributed by atoms with E-state index in [0.29, 0.717) is 24.2 Å². The molecule has 0 fully saturated rings. The molecular weight excluding hydrogens is 405 g/mol. The summed E-state index contributed by atoms with van der Waals surface area (Å²) in [6, 6.07) is 18.9. The van der Waals surface area contributed by atoms with E-state index >= 15 is 0 Å². The van der Waals surface area contributed by atoms with Crippen LogP contribution in [0.2, 0.25) is 0 Å². The largest absolute Gasteiger partial charge is 0.464 e. The third-order valence-electron chi connectivity index (χ3n) is 6.18. The summed E-state index contributed by atoms with van der Waals surface area (Å²) in [5, 5.41) is 4.67. The van der Waals surface area contributed by atoms with Crippen molar-refractivity contribution in [1.82, 2.24) is 9.88 Å². The Morgan fingerprint density at radius 1 is 1.00 bits per heavy atom. The second-order valence-corrected chi connectivity index (χ2v) is 8.15. The predicted octanol–water partition coefficient (Wildman–Crippen LogP) is 6.31. The minimum absolute atomic E-state index is 0.185. The molecule has 0 unspecified atom stereocenters. The van der Waals surface area contributed by atoms with Gasteiger partial charge in [0.15, 0.2) is 0 Å². The van der Waals surface area contributed by atoms with Crippen LogP contribution in [0.3, 0.4) is 0 Å². The number of hydrogen-bond acceptors (Lipinski definition) is 2. The van der Waals surface area contributed by atoms with E-state index in [2.05, 4.69) is 40.6 Å². The van der Waals surface area contributed by atoms with E-state index in [4.69, 9.17) is 4.42 Å². The summed E-state index contributed by atoms with van der Waals surface area (Å²) in [5.41, 5.74) is 6.95. The molecule has 2 aromatic heterocycles. The van der Waals surface area contributed by atoms with Gasteiger partial charge in [-0.25, -0.2) is 9.18 Å². The molecule has 6 heteroatoms. The minimum Gasteiger partial charge on any atom is -0.464 e. The third-order valence-corrected chi connectivity index (χ3v) is 6.18. The van der Waals surface area contributed by atoms with Gasteiger partial charge in [0.25, 0.3) is 0 Å². The van der Waals surface area contributed by atoms with Gasteiger partial charge in [-0.05, 0) is 65.1 Å². The first-order valence-corrected chi connectivity index (χ1v) is 10.6. The number of benzene rings is 3. The molecule has 2 N–H and O–H groups in total. The summed E-state index contributed by atoms with van der Waals surface area (Å²) in [7, 11) is 0. The Labute approximate surface area is 183 Å². The zero-order chi connectivity index (χ0) is 21.7. The number of hydrogen-bond donors (Lipinski definition) is 2. The Hall–Kier alpha value is -4.06. The van der Waals surface area contributed by atoms with E-state index in [1.54, 1.807) is 23.4 Å². The van der Waals surface area contributed by atoms with Gasteiger partial charge in [-0.15, -0.1) is 0 Å². The van der Waals surface area contributed by atoms with Gasteiger partial charge in [0.1, 0.15) is 11.4 Å².